The summed E-state index contributed by atoms with van der Waals surface area (Å²) in [4.78, 5) is 12.6. The molecule has 5 aliphatic carbocycles. The third-order valence-corrected chi connectivity index (χ3v) is 8.69. The standard InChI is InChI=1S/C24H23FN6O2/c25-17-11(1-2-12-3-4-15(26)30-18(12)17)5-7-23-9-14-16(23)19(24(14,33)22(23)32)31-8-6-13-20(27)28-10-29-21(13)31/h1-4,6,8,10,14,16,19,22,32-33H,5,7,9H2,(H2,26,30)(H2,27,28,29)/t14?,16-,19-,22-,23-,24-/m1/s1. The van der Waals surface area contributed by atoms with Gasteiger partial charge < -0.3 is 26.2 Å². The van der Waals surface area contributed by atoms with Gasteiger partial charge in [0.15, 0.2) is 5.82 Å². The molecule has 3 aromatic heterocycles. The van der Waals surface area contributed by atoms with Crippen molar-refractivity contribution in [2.75, 3.05) is 11.5 Å². The number of aromatic nitrogens is 4. The molecule has 1 unspecified atom stereocenters. The molecule has 6 atom stereocenters. The number of hydrogen-bond donors (Lipinski definition) is 4. The van der Waals surface area contributed by atoms with Gasteiger partial charge in [-0.3, -0.25) is 0 Å². The molecular weight excluding hydrogens is 423 g/mol. The summed E-state index contributed by atoms with van der Waals surface area (Å²) < 4.78 is 17.1. The highest BCUT2D eigenvalue weighted by Crippen LogP contribution is 2.83. The number of rotatable bonds is 4. The van der Waals surface area contributed by atoms with Gasteiger partial charge in [0.05, 0.1) is 17.5 Å². The Kier molecular flexibility index (Phi) is 3.48. The van der Waals surface area contributed by atoms with E-state index in [1.807, 2.05) is 22.9 Å². The molecule has 33 heavy (non-hydrogen) atoms. The van der Waals surface area contributed by atoms with E-state index < -0.39 is 17.1 Å². The van der Waals surface area contributed by atoms with Gasteiger partial charge in [0, 0.05) is 17.0 Å². The van der Waals surface area contributed by atoms with Crippen LogP contribution in [0.3, 0.4) is 0 Å². The average Bonchev–Trinajstić information content (AvgIpc) is 3.40. The van der Waals surface area contributed by atoms with Crippen molar-refractivity contribution in [3.63, 3.8) is 0 Å². The Morgan fingerprint density at radius 1 is 1.15 bits per heavy atom. The lowest BCUT2D eigenvalue weighted by Gasteiger charge is -2.60. The zero-order valence-corrected chi connectivity index (χ0v) is 17.7. The number of nitrogens with zero attached hydrogens (tertiary/aromatic N) is 4. The highest BCUT2D eigenvalue weighted by molar-refractivity contribution is 5.86. The lowest BCUT2D eigenvalue weighted by molar-refractivity contribution is -0.196. The molecule has 4 bridgehead atoms. The van der Waals surface area contributed by atoms with E-state index in [1.165, 1.54) is 6.33 Å². The van der Waals surface area contributed by atoms with E-state index in [2.05, 4.69) is 15.0 Å². The molecule has 5 aliphatic rings. The van der Waals surface area contributed by atoms with Crippen LogP contribution in [0, 0.1) is 23.1 Å². The van der Waals surface area contributed by atoms with Crippen LogP contribution in [0.4, 0.5) is 16.0 Å². The molecule has 0 aliphatic heterocycles. The normalized spacial score (nSPS) is 33.9. The fraction of sp³-hybridized carbons (Fsp3) is 0.375. The number of benzene rings is 1. The van der Waals surface area contributed by atoms with Gasteiger partial charge in [0.25, 0.3) is 0 Å². The van der Waals surface area contributed by atoms with Crippen molar-refractivity contribution in [2.24, 2.45) is 17.3 Å². The van der Waals surface area contributed by atoms with Crippen molar-refractivity contribution < 1.29 is 14.6 Å². The van der Waals surface area contributed by atoms with Crippen molar-refractivity contribution in [3.05, 3.63) is 54.2 Å². The smallest absolute Gasteiger partial charge is 0.152 e. The van der Waals surface area contributed by atoms with E-state index in [0.29, 0.717) is 35.3 Å². The zero-order valence-electron chi connectivity index (χ0n) is 17.7. The van der Waals surface area contributed by atoms with Crippen LogP contribution in [0.2, 0.25) is 0 Å². The van der Waals surface area contributed by atoms with Gasteiger partial charge in [-0.1, -0.05) is 12.1 Å². The van der Waals surface area contributed by atoms with E-state index in [4.69, 9.17) is 11.5 Å². The first-order valence-electron chi connectivity index (χ1n) is 11.2. The SMILES string of the molecule is Nc1ccc2ccc(CC[C@@]34CC5[C@@H]3[C@@H](n3ccc6c(N)ncnc63)[C@@]5(O)[C@@H]4O)c(F)c2n1. The van der Waals surface area contributed by atoms with Crippen LogP contribution in [-0.2, 0) is 6.42 Å². The Bertz CT molecular complexity index is 1470. The molecule has 0 radical (unpaired) electrons. The van der Waals surface area contributed by atoms with Crippen molar-refractivity contribution in [1.82, 2.24) is 19.5 Å². The van der Waals surface area contributed by atoms with Crippen molar-refractivity contribution in [1.29, 1.82) is 0 Å². The Hall–Kier alpha value is -3.30. The number of aryl methyl sites for hydroxylation is 1. The second-order valence-corrected chi connectivity index (χ2v) is 9.87. The molecule has 0 amide bonds. The molecule has 168 valence electrons. The molecular formula is C24H23FN6O2. The van der Waals surface area contributed by atoms with E-state index in [-0.39, 0.29) is 35.0 Å². The van der Waals surface area contributed by atoms with Gasteiger partial charge in [-0.15, -0.1) is 0 Å². The number of halogens is 1. The number of nitrogen functional groups attached to an aromatic ring is 2. The van der Waals surface area contributed by atoms with Crippen LogP contribution in [0.5, 0.6) is 0 Å². The fourth-order valence-corrected chi connectivity index (χ4v) is 7.19. The average molecular weight is 446 g/mol. The molecule has 3 heterocycles. The molecule has 5 saturated carbocycles. The minimum absolute atomic E-state index is 0.0389. The van der Waals surface area contributed by atoms with Gasteiger partial charge in [-0.2, -0.15) is 0 Å². The van der Waals surface area contributed by atoms with Gasteiger partial charge in [0.1, 0.15) is 34.7 Å². The summed E-state index contributed by atoms with van der Waals surface area (Å²) >= 11 is 0. The summed E-state index contributed by atoms with van der Waals surface area (Å²) in [6.45, 7) is 0. The number of aliphatic hydroxyl groups is 2. The molecule has 6 N–H and O–H groups in total. The molecule has 9 heteroatoms. The number of hydrogen-bond acceptors (Lipinski definition) is 7. The molecule has 4 aromatic rings. The fourth-order valence-electron chi connectivity index (χ4n) is 7.19. The second-order valence-electron chi connectivity index (χ2n) is 9.87. The first kappa shape index (κ1) is 19.2. The van der Waals surface area contributed by atoms with Crippen LogP contribution >= 0.6 is 0 Å². The maximum absolute atomic E-state index is 15.2. The highest BCUT2D eigenvalue weighted by Gasteiger charge is 2.88. The topological polar surface area (TPSA) is 136 Å². The minimum Gasteiger partial charge on any atom is -0.389 e. The molecule has 5 fully saturated rings. The quantitative estimate of drug-likeness (QED) is 0.377. The van der Waals surface area contributed by atoms with Gasteiger partial charge in [0.2, 0.25) is 0 Å². The van der Waals surface area contributed by atoms with Crippen LogP contribution in [0.15, 0.2) is 42.9 Å². The Balaban J connectivity index is 1.22. The van der Waals surface area contributed by atoms with Gasteiger partial charge >= 0.3 is 0 Å². The van der Waals surface area contributed by atoms with Crippen molar-refractivity contribution in [3.8, 4) is 0 Å². The minimum atomic E-state index is -1.21. The molecule has 9 rings (SSSR count). The number of fused-ring (bicyclic) bond motifs is 2. The maximum atomic E-state index is 15.2. The van der Waals surface area contributed by atoms with E-state index in [9.17, 15) is 10.2 Å². The van der Waals surface area contributed by atoms with Crippen molar-refractivity contribution >= 4 is 33.6 Å². The van der Waals surface area contributed by atoms with E-state index in [0.717, 1.165) is 11.8 Å². The predicted octanol–water partition coefficient (Wildman–Crippen LogP) is 2.20. The van der Waals surface area contributed by atoms with Crippen molar-refractivity contribution in [2.45, 2.75) is 37.0 Å². The Morgan fingerprint density at radius 3 is 2.82 bits per heavy atom. The molecule has 0 spiro atoms. The van der Waals surface area contributed by atoms with Crippen LogP contribution in [0.25, 0.3) is 21.9 Å². The van der Waals surface area contributed by atoms with E-state index in [1.54, 1.807) is 18.2 Å². The summed E-state index contributed by atoms with van der Waals surface area (Å²) in [7, 11) is 0. The third-order valence-electron chi connectivity index (χ3n) is 8.69. The third kappa shape index (κ3) is 2.10. The Morgan fingerprint density at radius 2 is 1.97 bits per heavy atom. The van der Waals surface area contributed by atoms with E-state index >= 15 is 4.39 Å². The lowest BCUT2D eigenvalue weighted by Crippen LogP contribution is -2.63. The first-order valence-corrected chi connectivity index (χ1v) is 11.2. The first-order chi connectivity index (χ1) is 15.9. The van der Waals surface area contributed by atoms with Gasteiger partial charge in [-0.25, -0.2) is 19.3 Å². The molecule has 8 nitrogen and oxygen atoms in total. The summed E-state index contributed by atoms with van der Waals surface area (Å²) in [5, 5.41) is 24.2. The maximum Gasteiger partial charge on any atom is 0.152 e. The summed E-state index contributed by atoms with van der Waals surface area (Å²) in [6.07, 6.45) is 4.16. The van der Waals surface area contributed by atoms with Crippen LogP contribution < -0.4 is 11.5 Å². The monoisotopic (exact) mass is 446 g/mol. The zero-order chi connectivity index (χ0) is 22.7. The number of aliphatic hydroxyl groups excluding tert-OH is 1. The predicted molar refractivity (Wildman–Crippen MR) is 120 cm³/mol. The highest BCUT2D eigenvalue weighted by atomic mass is 19.1. The number of pyridine rings is 1. The second kappa shape index (κ2) is 5.98. The summed E-state index contributed by atoms with van der Waals surface area (Å²) in [5.41, 5.74) is 11.5. The van der Waals surface area contributed by atoms with Crippen LogP contribution in [0.1, 0.15) is 24.4 Å². The molecule has 0 saturated heterocycles. The molecule has 1 aromatic carbocycles. The summed E-state index contributed by atoms with van der Waals surface area (Å²) in [5.74, 6) is 0.433. The van der Waals surface area contributed by atoms with Crippen LogP contribution in [-0.4, -0.2) is 41.4 Å². The van der Waals surface area contributed by atoms with Gasteiger partial charge in [-0.05, 0) is 54.9 Å². The Labute approximate surface area is 188 Å². The number of nitrogens with two attached hydrogens (primary N) is 2. The lowest BCUT2D eigenvalue weighted by atomic mass is 9.47. The largest absolute Gasteiger partial charge is 0.389 e. The number of anilines is 2. The summed E-state index contributed by atoms with van der Waals surface area (Å²) in [6, 6.07) is 8.59.